The number of nitrogens with zero attached hydrogens (tertiary/aromatic N) is 4. The lowest BCUT2D eigenvalue weighted by Crippen LogP contribution is -2.37. The maximum Gasteiger partial charge on any atom is 0.316 e. The van der Waals surface area contributed by atoms with Gasteiger partial charge in [0.25, 0.3) is 0 Å². The molecule has 0 atom stereocenters. The predicted molar refractivity (Wildman–Crippen MR) is 62.3 cm³/mol. The van der Waals surface area contributed by atoms with Gasteiger partial charge in [0.1, 0.15) is 6.07 Å². The van der Waals surface area contributed by atoms with Crippen molar-refractivity contribution in [2.24, 2.45) is 0 Å². The summed E-state index contributed by atoms with van der Waals surface area (Å²) in [6.45, 7) is 0.922. The molecule has 0 aliphatic heterocycles. The molecule has 1 rings (SSSR count). The van der Waals surface area contributed by atoms with E-state index in [-0.39, 0.29) is 11.7 Å². The molecular weight excluding hydrogens is 220 g/mol. The molecule has 0 saturated heterocycles. The highest BCUT2D eigenvalue weighted by atomic mass is 16.2. The Hall–Kier alpha value is -2.36. The molecule has 0 fully saturated rings. The highest BCUT2D eigenvalue weighted by molar-refractivity contribution is 5.73. The minimum absolute atomic E-state index is 0.161. The Morgan fingerprint density at radius 3 is 2.76 bits per heavy atom. The van der Waals surface area contributed by atoms with Gasteiger partial charge in [-0.3, -0.25) is 0 Å². The van der Waals surface area contributed by atoms with Crippen LogP contribution in [0.5, 0.6) is 0 Å². The van der Waals surface area contributed by atoms with E-state index in [1.807, 2.05) is 6.07 Å². The van der Waals surface area contributed by atoms with Crippen LogP contribution in [0.15, 0.2) is 12.4 Å². The second kappa shape index (κ2) is 6.27. The van der Waals surface area contributed by atoms with E-state index in [0.717, 1.165) is 0 Å². The van der Waals surface area contributed by atoms with Gasteiger partial charge >= 0.3 is 6.03 Å². The summed E-state index contributed by atoms with van der Waals surface area (Å²) in [5.41, 5.74) is 0.242. The molecular formula is C10H14N6O. The third kappa shape index (κ3) is 3.95. The van der Waals surface area contributed by atoms with Crippen LogP contribution in [0.4, 0.5) is 10.6 Å². The number of hydrogen-bond donors (Lipinski definition) is 2. The highest BCUT2D eigenvalue weighted by Gasteiger charge is 2.04. The van der Waals surface area contributed by atoms with E-state index in [9.17, 15) is 4.79 Å². The number of anilines is 1. The number of carbonyl (C=O) groups excluding carboxylic acids is 1. The van der Waals surface area contributed by atoms with Gasteiger partial charge in [0, 0.05) is 39.6 Å². The molecule has 0 aliphatic rings. The van der Waals surface area contributed by atoms with Crippen LogP contribution in [-0.4, -0.2) is 48.1 Å². The largest absolute Gasteiger partial charge is 0.366 e. The van der Waals surface area contributed by atoms with E-state index in [2.05, 4.69) is 20.6 Å². The first-order valence-electron chi connectivity index (χ1n) is 5.05. The van der Waals surface area contributed by atoms with Gasteiger partial charge in [-0.05, 0) is 0 Å². The number of carbonyl (C=O) groups is 1. The second-order valence-corrected chi connectivity index (χ2v) is 3.42. The molecule has 1 aromatic heterocycles. The quantitative estimate of drug-likeness (QED) is 0.717. The van der Waals surface area contributed by atoms with Crippen LogP contribution in [0.25, 0.3) is 0 Å². The molecule has 2 N–H and O–H groups in total. The van der Waals surface area contributed by atoms with Crippen molar-refractivity contribution in [2.75, 3.05) is 32.5 Å². The Bertz CT molecular complexity index is 425. The number of nitriles is 1. The maximum atomic E-state index is 11.2. The summed E-state index contributed by atoms with van der Waals surface area (Å²) in [6, 6.07) is 1.77. The van der Waals surface area contributed by atoms with E-state index in [0.29, 0.717) is 18.9 Å². The minimum Gasteiger partial charge on any atom is -0.366 e. The fraction of sp³-hybridized carbons (Fsp3) is 0.400. The Kier molecular flexibility index (Phi) is 4.69. The summed E-state index contributed by atoms with van der Waals surface area (Å²) in [5, 5.41) is 14.4. The van der Waals surface area contributed by atoms with E-state index in [1.54, 1.807) is 14.1 Å². The molecule has 7 nitrogen and oxygen atoms in total. The van der Waals surface area contributed by atoms with Crippen LogP contribution < -0.4 is 10.6 Å². The molecule has 0 saturated carbocycles. The van der Waals surface area contributed by atoms with E-state index >= 15 is 0 Å². The van der Waals surface area contributed by atoms with Gasteiger partial charge < -0.3 is 15.5 Å². The van der Waals surface area contributed by atoms with E-state index in [1.165, 1.54) is 17.3 Å². The van der Waals surface area contributed by atoms with Crippen LogP contribution >= 0.6 is 0 Å². The van der Waals surface area contributed by atoms with Gasteiger partial charge in [-0.15, -0.1) is 0 Å². The molecule has 0 bridgehead atoms. The van der Waals surface area contributed by atoms with E-state index in [4.69, 9.17) is 5.26 Å². The first kappa shape index (κ1) is 12.7. The lowest BCUT2D eigenvalue weighted by Gasteiger charge is -2.12. The van der Waals surface area contributed by atoms with Crippen molar-refractivity contribution in [2.45, 2.75) is 0 Å². The molecule has 0 aromatic carbocycles. The Morgan fingerprint density at radius 1 is 1.41 bits per heavy atom. The minimum atomic E-state index is -0.161. The van der Waals surface area contributed by atoms with Crippen molar-refractivity contribution < 1.29 is 4.79 Å². The van der Waals surface area contributed by atoms with Gasteiger partial charge in [0.15, 0.2) is 11.5 Å². The lowest BCUT2D eigenvalue weighted by molar-refractivity contribution is 0.218. The summed E-state index contributed by atoms with van der Waals surface area (Å²) in [6.07, 6.45) is 2.96. The van der Waals surface area contributed by atoms with Crippen LogP contribution in [0, 0.1) is 11.3 Å². The third-order valence-electron chi connectivity index (χ3n) is 1.90. The molecule has 17 heavy (non-hydrogen) atoms. The van der Waals surface area contributed by atoms with Crippen LogP contribution in [-0.2, 0) is 0 Å². The van der Waals surface area contributed by atoms with Gasteiger partial charge in [0.05, 0.1) is 0 Å². The fourth-order valence-electron chi connectivity index (χ4n) is 1.06. The normalized spacial score (nSPS) is 9.24. The summed E-state index contributed by atoms with van der Waals surface area (Å²) in [7, 11) is 3.33. The molecule has 0 spiro atoms. The standard InChI is InChI=1S/C10H14N6O/c1-16(2)10(17)15-6-5-14-9-8(7-11)12-3-4-13-9/h3-4H,5-6H2,1-2H3,(H,13,14)(H,15,17). The van der Waals surface area contributed by atoms with Crippen LogP contribution in [0.3, 0.4) is 0 Å². The summed E-state index contributed by atoms with van der Waals surface area (Å²) in [4.78, 5) is 20.5. The van der Waals surface area contributed by atoms with Crippen molar-refractivity contribution >= 4 is 11.8 Å². The molecule has 0 aliphatic carbocycles. The number of aromatic nitrogens is 2. The molecule has 7 heteroatoms. The summed E-state index contributed by atoms with van der Waals surface area (Å²) >= 11 is 0. The van der Waals surface area contributed by atoms with Gasteiger partial charge in [-0.1, -0.05) is 0 Å². The SMILES string of the molecule is CN(C)C(=O)NCCNc1nccnc1C#N. The van der Waals surface area contributed by atoms with Crippen molar-refractivity contribution in [3.63, 3.8) is 0 Å². The van der Waals surface area contributed by atoms with Gasteiger partial charge in [-0.2, -0.15) is 5.26 Å². The zero-order valence-corrected chi connectivity index (χ0v) is 9.77. The molecule has 0 radical (unpaired) electrons. The molecule has 90 valence electrons. The topological polar surface area (TPSA) is 93.9 Å². The van der Waals surface area contributed by atoms with Crippen LogP contribution in [0.1, 0.15) is 5.69 Å². The molecule has 1 aromatic rings. The van der Waals surface area contributed by atoms with Crippen molar-refractivity contribution in [3.8, 4) is 6.07 Å². The average molecular weight is 234 g/mol. The molecule has 2 amide bonds. The number of nitrogens with one attached hydrogen (secondary N) is 2. The van der Waals surface area contributed by atoms with Crippen molar-refractivity contribution in [1.29, 1.82) is 5.26 Å². The van der Waals surface area contributed by atoms with Gasteiger partial charge in [-0.25, -0.2) is 14.8 Å². The zero-order chi connectivity index (χ0) is 12.7. The summed E-state index contributed by atoms with van der Waals surface area (Å²) < 4.78 is 0. The second-order valence-electron chi connectivity index (χ2n) is 3.42. The fourth-order valence-corrected chi connectivity index (χ4v) is 1.06. The third-order valence-corrected chi connectivity index (χ3v) is 1.90. The average Bonchev–Trinajstić information content (AvgIpc) is 2.34. The number of amides is 2. The first-order valence-corrected chi connectivity index (χ1v) is 5.05. The molecule has 0 unspecified atom stereocenters. The summed E-state index contributed by atoms with van der Waals surface area (Å²) in [5.74, 6) is 0.425. The van der Waals surface area contributed by atoms with E-state index < -0.39 is 0 Å². The number of rotatable bonds is 4. The Balaban J connectivity index is 2.37. The monoisotopic (exact) mass is 234 g/mol. The van der Waals surface area contributed by atoms with Crippen molar-refractivity contribution in [1.82, 2.24) is 20.2 Å². The lowest BCUT2D eigenvalue weighted by atomic mass is 10.4. The van der Waals surface area contributed by atoms with Crippen molar-refractivity contribution in [3.05, 3.63) is 18.1 Å². The molecule has 1 heterocycles. The first-order chi connectivity index (χ1) is 8.15. The van der Waals surface area contributed by atoms with Crippen LogP contribution in [0.2, 0.25) is 0 Å². The zero-order valence-electron chi connectivity index (χ0n) is 9.77. The number of urea groups is 1. The number of hydrogen-bond acceptors (Lipinski definition) is 5. The Morgan fingerprint density at radius 2 is 2.12 bits per heavy atom. The predicted octanol–water partition coefficient (Wildman–Crippen LogP) is 0.0314. The smallest absolute Gasteiger partial charge is 0.316 e. The maximum absolute atomic E-state index is 11.2. The van der Waals surface area contributed by atoms with Gasteiger partial charge in [0.2, 0.25) is 0 Å². The highest BCUT2D eigenvalue weighted by Crippen LogP contribution is 2.04. The Labute approximate surface area is 99.5 Å².